The SMILES string of the molecule is Cc1ccoc1C(=O)N1CCCC1CCc1ccccc1. The van der Waals surface area contributed by atoms with Gasteiger partial charge < -0.3 is 9.32 Å². The molecule has 2 aromatic rings. The van der Waals surface area contributed by atoms with Gasteiger partial charge >= 0.3 is 0 Å². The van der Waals surface area contributed by atoms with E-state index in [4.69, 9.17) is 4.42 Å². The standard InChI is InChI=1S/C18H21NO2/c1-14-11-13-21-17(14)18(20)19-12-5-8-16(19)10-9-15-6-3-2-4-7-15/h2-4,6-7,11,13,16H,5,8-10,12H2,1H3. The van der Waals surface area contributed by atoms with Gasteiger partial charge in [-0.1, -0.05) is 30.3 Å². The van der Waals surface area contributed by atoms with Crippen LogP contribution in [0.5, 0.6) is 0 Å². The Morgan fingerprint density at radius 2 is 2.10 bits per heavy atom. The van der Waals surface area contributed by atoms with Crippen LogP contribution in [0.1, 0.15) is 40.9 Å². The molecule has 1 saturated heterocycles. The maximum absolute atomic E-state index is 12.6. The average molecular weight is 283 g/mol. The van der Waals surface area contributed by atoms with Crippen LogP contribution in [0.4, 0.5) is 0 Å². The predicted octanol–water partition coefficient (Wildman–Crippen LogP) is 3.83. The molecule has 0 aliphatic carbocycles. The summed E-state index contributed by atoms with van der Waals surface area (Å²) < 4.78 is 5.36. The molecule has 2 heterocycles. The highest BCUT2D eigenvalue weighted by atomic mass is 16.3. The number of furan rings is 1. The van der Waals surface area contributed by atoms with Crippen molar-refractivity contribution < 1.29 is 9.21 Å². The summed E-state index contributed by atoms with van der Waals surface area (Å²) in [6.45, 7) is 2.77. The topological polar surface area (TPSA) is 33.5 Å². The van der Waals surface area contributed by atoms with E-state index in [0.717, 1.165) is 37.8 Å². The molecule has 3 heteroatoms. The smallest absolute Gasteiger partial charge is 0.290 e. The van der Waals surface area contributed by atoms with Gasteiger partial charge in [-0.3, -0.25) is 4.79 Å². The Hall–Kier alpha value is -2.03. The first-order chi connectivity index (χ1) is 10.3. The van der Waals surface area contributed by atoms with Crippen LogP contribution >= 0.6 is 0 Å². The monoisotopic (exact) mass is 283 g/mol. The molecule has 1 amide bonds. The van der Waals surface area contributed by atoms with Crippen LogP contribution in [-0.4, -0.2) is 23.4 Å². The Morgan fingerprint density at radius 3 is 2.81 bits per heavy atom. The molecule has 0 saturated carbocycles. The summed E-state index contributed by atoms with van der Waals surface area (Å²) >= 11 is 0. The molecule has 1 fully saturated rings. The molecule has 3 rings (SSSR count). The maximum atomic E-state index is 12.6. The Bertz CT molecular complexity index is 603. The van der Waals surface area contributed by atoms with Crippen molar-refractivity contribution in [2.75, 3.05) is 6.54 Å². The summed E-state index contributed by atoms with van der Waals surface area (Å²) in [7, 11) is 0. The Balaban J connectivity index is 1.65. The zero-order valence-electron chi connectivity index (χ0n) is 12.4. The molecule has 1 unspecified atom stereocenters. The molecule has 0 radical (unpaired) electrons. The first kappa shape index (κ1) is 13.9. The van der Waals surface area contributed by atoms with Crippen LogP contribution < -0.4 is 0 Å². The minimum Gasteiger partial charge on any atom is -0.459 e. The van der Waals surface area contributed by atoms with Crippen molar-refractivity contribution in [2.45, 2.75) is 38.6 Å². The van der Waals surface area contributed by atoms with Crippen LogP contribution in [0.2, 0.25) is 0 Å². The Labute approximate surface area is 125 Å². The molecule has 0 bridgehead atoms. The maximum Gasteiger partial charge on any atom is 0.290 e. The second kappa shape index (κ2) is 6.17. The summed E-state index contributed by atoms with van der Waals surface area (Å²) in [5.41, 5.74) is 2.26. The van der Waals surface area contributed by atoms with E-state index in [1.807, 2.05) is 24.0 Å². The van der Waals surface area contributed by atoms with Crippen molar-refractivity contribution in [2.24, 2.45) is 0 Å². The summed E-state index contributed by atoms with van der Waals surface area (Å²) in [5.74, 6) is 0.551. The fraction of sp³-hybridized carbons (Fsp3) is 0.389. The Morgan fingerprint density at radius 1 is 1.29 bits per heavy atom. The quantitative estimate of drug-likeness (QED) is 0.854. The highest BCUT2D eigenvalue weighted by Crippen LogP contribution is 2.25. The lowest BCUT2D eigenvalue weighted by Gasteiger charge is -2.24. The fourth-order valence-corrected chi connectivity index (χ4v) is 3.10. The molecule has 3 nitrogen and oxygen atoms in total. The van der Waals surface area contributed by atoms with Crippen molar-refractivity contribution >= 4 is 5.91 Å². The van der Waals surface area contributed by atoms with E-state index in [9.17, 15) is 4.79 Å². The van der Waals surface area contributed by atoms with Gasteiger partial charge in [0, 0.05) is 18.2 Å². The number of benzene rings is 1. The van der Waals surface area contributed by atoms with E-state index in [2.05, 4.69) is 24.3 Å². The zero-order chi connectivity index (χ0) is 14.7. The van der Waals surface area contributed by atoms with E-state index in [0.29, 0.717) is 11.8 Å². The van der Waals surface area contributed by atoms with E-state index < -0.39 is 0 Å². The van der Waals surface area contributed by atoms with Gasteiger partial charge in [-0.25, -0.2) is 0 Å². The molecular weight excluding hydrogens is 262 g/mol. The Kier molecular flexibility index (Phi) is 4.09. The van der Waals surface area contributed by atoms with Gasteiger partial charge in [-0.05, 0) is 44.2 Å². The van der Waals surface area contributed by atoms with Gasteiger partial charge in [0.2, 0.25) is 0 Å². The summed E-state index contributed by atoms with van der Waals surface area (Å²) in [5, 5.41) is 0. The van der Waals surface area contributed by atoms with Crippen molar-refractivity contribution in [3.8, 4) is 0 Å². The van der Waals surface area contributed by atoms with Gasteiger partial charge in [0.15, 0.2) is 5.76 Å². The lowest BCUT2D eigenvalue weighted by Crippen LogP contribution is -2.35. The average Bonchev–Trinajstić information content (AvgIpc) is 3.14. The second-order valence-corrected chi connectivity index (χ2v) is 5.75. The molecule has 1 atom stereocenters. The van der Waals surface area contributed by atoms with Crippen molar-refractivity contribution in [3.63, 3.8) is 0 Å². The molecule has 110 valence electrons. The van der Waals surface area contributed by atoms with Crippen molar-refractivity contribution in [3.05, 3.63) is 59.5 Å². The number of amides is 1. The van der Waals surface area contributed by atoms with Crippen LogP contribution in [0.15, 0.2) is 47.1 Å². The number of hydrogen-bond donors (Lipinski definition) is 0. The van der Waals surface area contributed by atoms with Crippen LogP contribution in [0.25, 0.3) is 0 Å². The third kappa shape index (κ3) is 3.02. The molecule has 1 aromatic carbocycles. The minimum absolute atomic E-state index is 0.0491. The predicted molar refractivity (Wildman–Crippen MR) is 82.3 cm³/mol. The lowest BCUT2D eigenvalue weighted by atomic mass is 10.0. The van der Waals surface area contributed by atoms with Crippen LogP contribution in [-0.2, 0) is 6.42 Å². The minimum atomic E-state index is 0.0491. The molecule has 0 N–H and O–H groups in total. The first-order valence-electron chi connectivity index (χ1n) is 7.64. The van der Waals surface area contributed by atoms with E-state index >= 15 is 0 Å². The van der Waals surface area contributed by atoms with Gasteiger partial charge in [-0.2, -0.15) is 0 Å². The van der Waals surface area contributed by atoms with Crippen molar-refractivity contribution in [1.29, 1.82) is 0 Å². The summed E-state index contributed by atoms with van der Waals surface area (Å²) in [4.78, 5) is 14.6. The summed E-state index contributed by atoms with van der Waals surface area (Å²) in [6, 6.07) is 12.7. The molecule has 1 aliphatic rings. The number of rotatable bonds is 4. The number of carbonyl (C=O) groups is 1. The largest absolute Gasteiger partial charge is 0.459 e. The van der Waals surface area contributed by atoms with E-state index in [1.165, 1.54) is 5.56 Å². The molecule has 21 heavy (non-hydrogen) atoms. The first-order valence-corrected chi connectivity index (χ1v) is 7.64. The van der Waals surface area contributed by atoms with E-state index in [-0.39, 0.29) is 5.91 Å². The van der Waals surface area contributed by atoms with Gasteiger partial charge in [0.1, 0.15) is 0 Å². The van der Waals surface area contributed by atoms with Gasteiger partial charge in [-0.15, -0.1) is 0 Å². The zero-order valence-corrected chi connectivity index (χ0v) is 12.4. The second-order valence-electron chi connectivity index (χ2n) is 5.75. The molecular formula is C18H21NO2. The lowest BCUT2D eigenvalue weighted by molar-refractivity contribution is 0.0697. The fourth-order valence-electron chi connectivity index (χ4n) is 3.10. The number of nitrogens with zero attached hydrogens (tertiary/aromatic N) is 1. The highest BCUT2D eigenvalue weighted by Gasteiger charge is 2.31. The number of likely N-dealkylation sites (tertiary alicyclic amines) is 1. The van der Waals surface area contributed by atoms with E-state index in [1.54, 1.807) is 6.26 Å². The van der Waals surface area contributed by atoms with Crippen LogP contribution in [0, 0.1) is 6.92 Å². The van der Waals surface area contributed by atoms with Crippen molar-refractivity contribution in [1.82, 2.24) is 4.90 Å². The third-order valence-corrected chi connectivity index (χ3v) is 4.30. The molecule has 1 aliphatic heterocycles. The van der Waals surface area contributed by atoms with Crippen LogP contribution in [0.3, 0.4) is 0 Å². The summed E-state index contributed by atoms with van der Waals surface area (Å²) in [6.07, 6.45) is 5.82. The number of carbonyl (C=O) groups excluding carboxylic acids is 1. The normalized spacial score (nSPS) is 18.1. The van der Waals surface area contributed by atoms with Gasteiger partial charge in [0.25, 0.3) is 5.91 Å². The molecule has 1 aromatic heterocycles. The molecule has 0 spiro atoms. The number of aryl methyl sites for hydroxylation is 2. The third-order valence-electron chi connectivity index (χ3n) is 4.30. The highest BCUT2D eigenvalue weighted by molar-refractivity contribution is 5.93. The van der Waals surface area contributed by atoms with Gasteiger partial charge in [0.05, 0.1) is 6.26 Å². The number of hydrogen-bond acceptors (Lipinski definition) is 2.